The lowest BCUT2D eigenvalue weighted by molar-refractivity contribution is -0.118. The average molecular weight is 545 g/mol. The summed E-state index contributed by atoms with van der Waals surface area (Å²) in [5, 5.41) is 25.6. The molecule has 2 aliphatic carbocycles. The van der Waals surface area contributed by atoms with Gasteiger partial charge in [0.2, 0.25) is 22.1 Å². The first-order chi connectivity index (χ1) is 18.6. The summed E-state index contributed by atoms with van der Waals surface area (Å²) >= 11 is 2.88. The van der Waals surface area contributed by atoms with Crippen molar-refractivity contribution in [3.63, 3.8) is 0 Å². The third-order valence-electron chi connectivity index (χ3n) is 7.14. The minimum Gasteiger partial charge on any atom is -0.300 e. The van der Waals surface area contributed by atoms with Crippen molar-refractivity contribution in [2.24, 2.45) is 11.8 Å². The Morgan fingerprint density at radius 1 is 0.658 bits per heavy atom. The molecule has 6 rings (SSSR count). The fourth-order valence-corrected chi connectivity index (χ4v) is 6.43. The quantitative estimate of drug-likeness (QED) is 0.243. The highest BCUT2D eigenvalue weighted by Crippen LogP contribution is 2.48. The van der Waals surface area contributed by atoms with E-state index < -0.39 is 0 Å². The van der Waals surface area contributed by atoms with Gasteiger partial charge in [0.25, 0.3) is 0 Å². The Hall–Kier alpha value is -3.50. The first-order valence-electron chi connectivity index (χ1n) is 13.0. The van der Waals surface area contributed by atoms with Gasteiger partial charge in [-0.25, -0.2) is 0 Å². The van der Waals surface area contributed by atoms with E-state index in [2.05, 4.69) is 55.3 Å². The van der Waals surface area contributed by atoms with E-state index in [0.29, 0.717) is 22.1 Å². The van der Waals surface area contributed by atoms with E-state index in [1.165, 1.54) is 33.8 Å². The lowest BCUT2D eigenvalue weighted by Gasteiger charge is -2.01. The van der Waals surface area contributed by atoms with E-state index in [4.69, 9.17) is 0 Å². The lowest BCUT2D eigenvalue weighted by atomic mass is 10.1. The zero-order valence-corrected chi connectivity index (χ0v) is 22.4. The molecule has 0 saturated heterocycles. The van der Waals surface area contributed by atoms with Crippen LogP contribution in [0.25, 0.3) is 0 Å². The number of amides is 2. The molecule has 2 aromatic heterocycles. The number of aryl methyl sites for hydroxylation is 2. The number of hydrogen-bond donors (Lipinski definition) is 2. The Kier molecular flexibility index (Phi) is 7.24. The molecular formula is C28H28N6O2S2. The summed E-state index contributed by atoms with van der Waals surface area (Å²) < 4.78 is 0. The molecule has 2 fully saturated rings. The number of rotatable bonds is 11. The molecule has 2 aliphatic rings. The number of anilines is 2. The summed E-state index contributed by atoms with van der Waals surface area (Å²) in [7, 11) is 0. The molecule has 38 heavy (non-hydrogen) atoms. The molecular weight excluding hydrogens is 516 g/mol. The molecule has 2 aromatic carbocycles. The van der Waals surface area contributed by atoms with Crippen LogP contribution in [0.5, 0.6) is 0 Å². The summed E-state index contributed by atoms with van der Waals surface area (Å²) in [6, 6.07) is 20.3. The van der Waals surface area contributed by atoms with Crippen molar-refractivity contribution in [1.29, 1.82) is 0 Å². The van der Waals surface area contributed by atoms with Gasteiger partial charge in [-0.2, -0.15) is 0 Å². The highest BCUT2D eigenvalue weighted by atomic mass is 32.1. The number of unbranched alkanes of at least 4 members (excludes halogenated alkanes) is 1. The Labute approximate surface area is 228 Å². The van der Waals surface area contributed by atoms with Gasteiger partial charge in [-0.3, -0.25) is 9.59 Å². The van der Waals surface area contributed by atoms with E-state index >= 15 is 0 Å². The van der Waals surface area contributed by atoms with E-state index in [-0.39, 0.29) is 23.7 Å². The molecule has 2 saturated carbocycles. The summed E-state index contributed by atoms with van der Waals surface area (Å²) in [5.41, 5.74) is 2.44. The van der Waals surface area contributed by atoms with Gasteiger partial charge in [0.05, 0.1) is 0 Å². The fourth-order valence-electron chi connectivity index (χ4n) is 4.87. The Balaban J connectivity index is 0.897. The van der Waals surface area contributed by atoms with Crippen molar-refractivity contribution in [3.8, 4) is 0 Å². The molecule has 0 aliphatic heterocycles. The van der Waals surface area contributed by atoms with Gasteiger partial charge >= 0.3 is 0 Å². The molecule has 2 amide bonds. The molecule has 8 nitrogen and oxygen atoms in total. The standard InChI is InChI=1S/C28H28N6O2S2/c35-25(21-15-19(21)17-9-3-1-4-10-17)29-27-33-31-23(37-27)13-7-8-14-24-32-34-28(38-24)30-26(36)22-16-20(22)18-11-5-2-6-12-18/h1-6,9-12,19-22H,7-8,13-16H2,(H,29,33,35)(H,30,34,36)/t19-,20?,21?,22+/m0/s1. The number of aromatic nitrogens is 4. The maximum Gasteiger partial charge on any atom is 0.229 e. The molecule has 4 aromatic rings. The SMILES string of the molecule is O=C(Nc1nnc(CCCCc2nnc(NC(=O)[C@@H]3CC3c3ccccc3)s2)s1)C1C[C@H]1c1ccccc1. The largest absolute Gasteiger partial charge is 0.300 e. The number of nitrogens with zero attached hydrogens (tertiary/aromatic N) is 4. The summed E-state index contributed by atoms with van der Waals surface area (Å²) in [6.45, 7) is 0. The van der Waals surface area contributed by atoms with E-state index in [9.17, 15) is 9.59 Å². The minimum atomic E-state index is 0.0147. The number of benzene rings is 2. The molecule has 0 bridgehead atoms. The van der Waals surface area contributed by atoms with Crippen molar-refractivity contribution in [3.05, 3.63) is 81.8 Å². The minimum absolute atomic E-state index is 0.0147. The van der Waals surface area contributed by atoms with Crippen molar-refractivity contribution < 1.29 is 9.59 Å². The van der Waals surface area contributed by atoms with E-state index in [1.807, 2.05) is 36.4 Å². The smallest absolute Gasteiger partial charge is 0.229 e. The van der Waals surface area contributed by atoms with E-state index in [0.717, 1.165) is 48.5 Å². The number of carbonyl (C=O) groups is 2. The molecule has 2 heterocycles. The van der Waals surface area contributed by atoms with E-state index in [1.54, 1.807) is 0 Å². The maximum absolute atomic E-state index is 12.6. The lowest BCUT2D eigenvalue weighted by Crippen LogP contribution is -2.14. The van der Waals surface area contributed by atoms with Gasteiger partial charge in [0, 0.05) is 24.7 Å². The van der Waals surface area contributed by atoms with Gasteiger partial charge in [0.1, 0.15) is 10.0 Å². The Morgan fingerprint density at radius 3 is 1.50 bits per heavy atom. The van der Waals surface area contributed by atoms with Gasteiger partial charge < -0.3 is 10.6 Å². The average Bonchev–Trinajstić information content (AvgIpc) is 3.84. The van der Waals surface area contributed by atoms with Gasteiger partial charge in [0.15, 0.2) is 0 Å². The monoisotopic (exact) mass is 544 g/mol. The van der Waals surface area contributed by atoms with Crippen LogP contribution in [0.15, 0.2) is 60.7 Å². The van der Waals surface area contributed by atoms with Gasteiger partial charge in [-0.1, -0.05) is 83.3 Å². The molecule has 2 N–H and O–H groups in total. The van der Waals surface area contributed by atoms with Gasteiger partial charge in [-0.15, -0.1) is 20.4 Å². The fraction of sp³-hybridized carbons (Fsp3) is 0.357. The zero-order chi connectivity index (χ0) is 25.9. The normalized spacial score (nSPS) is 21.6. The van der Waals surface area contributed by atoms with Crippen molar-refractivity contribution in [1.82, 2.24) is 20.4 Å². The molecule has 10 heteroatoms. The van der Waals surface area contributed by atoms with Crippen LogP contribution in [0.3, 0.4) is 0 Å². The Bertz CT molecular complexity index is 1300. The summed E-state index contributed by atoms with van der Waals surface area (Å²) in [6.07, 6.45) is 5.23. The second-order valence-electron chi connectivity index (χ2n) is 9.91. The van der Waals surface area contributed by atoms with Crippen LogP contribution in [-0.4, -0.2) is 32.2 Å². The first-order valence-corrected chi connectivity index (χ1v) is 14.6. The van der Waals surface area contributed by atoms with Crippen LogP contribution in [0.1, 0.15) is 58.7 Å². The maximum atomic E-state index is 12.6. The van der Waals surface area contributed by atoms with Gasteiger partial charge in [-0.05, 0) is 48.6 Å². The third-order valence-corrected chi connectivity index (χ3v) is 8.93. The topological polar surface area (TPSA) is 110 Å². The van der Waals surface area contributed by atoms with Crippen LogP contribution in [-0.2, 0) is 22.4 Å². The Morgan fingerprint density at radius 2 is 1.08 bits per heavy atom. The zero-order valence-electron chi connectivity index (χ0n) is 20.7. The van der Waals surface area contributed by atoms with Crippen LogP contribution >= 0.6 is 22.7 Å². The predicted molar refractivity (Wildman–Crippen MR) is 148 cm³/mol. The van der Waals surface area contributed by atoms with Crippen LogP contribution < -0.4 is 10.6 Å². The second kappa shape index (κ2) is 11.1. The third kappa shape index (κ3) is 5.97. The van der Waals surface area contributed by atoms with Crippen LogP contribution in [0, 0.1) is 11.8 Å². The first kappa shape index (κ1) is 24.8. The second-order valence-corrected chi connectivity index (χ2v) is 12.0. The molecule has 0 radical (unpaired) electrons. The predicted octanol–water partition coefficient (Wildman–Crippen LogP) is 5.44. The van der Waals surface area contributed by atoms with Crippen molar-refractivity contribution in [2.75, 3.05) is 10.6 Å². The number of hydrogen-bond acceptors (Lipinski definition) is 8. The van der Waals surface area contributed by atoms with Crippen molar-refractivity contribution in [2.45, 2.75) is 50.4 Å². The van der Waals surface area contributed by atoms with Crippen molar-refractivity contribution >= 4 is 44.8 Å². The van der Waals surface area contributed by atoms with Crippen LogP contribution in [0.4, 0.5) is 10.3 Å². The number of carbonyl (C=O) groups excluding carboxylic acids is 2. The molecule has 194 valence electrons. The number of nitrogens with one attached hydrogen (secondary N) is 2. The molecule has 4 atom stereocenters. The molecule has 0 spiro atoms. The highest BCUT2D eigenvalue weighted by molar-refractivity contribution is 7.15. The van der Waals surface area contributed by atoms with Crippen LogP contribution in [0.2, 0.25) is 0 Å². The summed E-state index contributed by atoms with van der Waals surface area (Å²) in [4.78, 5) is 25.1. The summed E-state index contributed by atoms with van der Waals surface area (Å²) in [5.74, 6) is 0.688. The molecule has 2 unspecified atom stereocenters. The highest BCUT2D eigenvalue weighted by Gasteiger charge is 2.44.